The molecule has 0 aliphatic carbocycles. The zero-order valence-corrected chi connectivity index (χ0v) is 13.2. The van der Waals surface area contributed by atoms with Crippen LogP contribution < -0.4 is 0 Å². The normalized spacial score (nSPS) is 18.9. The number of nitrogens with zero attached hydrogens (tertiary/aromatic N) is 1. The third kappa shape index (κ3) is 4.20. The van der Waals surface area contributed by atoms with Gasteiger partial charge in [-0.2, -0.15) is 0 Å². The van der Waals surface area contributed by atoms with Crippen molar-refractivity contribution in [1.82, 2.24) is 4.90 Å². The molecule has 1 heterocycles. The van der Waals surface area contributed by atoms with Crippen LogP contribution in [-0.4, -0.2) is 35.0 Å². The predicted molar refractivity (Wildman–Crippen MR) is 86.5 cm³/mol. The van der Waals surface area contributed by atoms with E-state index in [0.717, 1.165) is 12.0 Å². The minimum atomic E-state index is -0.814. The number of rotatable bonds is 4. The summed E-state index contributed by atoms with van der Waals surface area (Å²) in [6.07, 6.45) is 4.73. The van der Waals surface area contributed by atoms with Crippen LogP contribution in [-0.2, 0) is 9.59 Å². The average molecular weight is 301 g/mol. The van der Waals surface area contributed by atoms with E-state index in [0.29, 0.717) is 25.4 Å². The zero-order valence-electron chi connectivity index (χ0n) is 13.2. The van der Waals surface area contributed by atoms with Crippen LogP contribution in [0.1, 0.15) is 43.7 Å². The third-order valence-electron chi connectivity index (χ3n) is 4.10. The van der Waals surface area contributed by atoms with Gasteiger partial charge in [0.1, 0.15) is 0 Å². The zero-order chi connectivity index (χ0) is 16.1. The van der Waals surface area contributed by atoms with Crippen molar-refractivity contribution in [3.05, 3.63) is 41.5 Å². The van der Waals surface area contributed by atoms with Gasteiger partial charge < -0.3 is 10.0 Å². The number of likely N-dealkylation sites (tertiary alicyclic amines) is 1. The highest BCUT2D eigenvalue weighted by Gasteiger charge is 2.26. The lowest BCUT2D eigenvalue weighted by molar-refractivity contribution is -0.144. The number of hydrogen-bond acceptors (Lipinski definition) is 2. The van der Waals surface area contributed by atoms with Gasteiger partial charge in [0.05, 0.1) is 5.92 Å². The van der Waals surface area contributed by atoms with Gasteiger partial charge in [0.25, 0.3) is 0 Å². The molecule has 1 atom stereocenters. The Balaban J connectivity index is 1.97. The monoisotopic (exact) mass is 301 g/mol. The fraction of sp³-hybridized carbons (Fsp3) is 0.444. The number of aliphatic carboxylic acids is 1. The Morgan fingerprint density at radius 1 is 1.27 bits per heavy atom. The molecule has 118 valence electrons. The van der Waals surface area contributed by atoms with Gasteiger partial charge in [-0.05, 0) is 36.0 Å². The summed E-state index contributed by atoms with van der Waals surface area (Å²) in [6, 6.07) is 8.12. The number of carbonyl (C=O) groups is 2. The maximum absolute atomic E-state index is 12.2. The average Bonchev–Trinajstić information content (AvgIpc) is 2.53. The molecule has 1 saturated heterocycles. The van der Waals surface area contributed by atoms with Crippen LogP contribution in [0.5, 0.6) is 0 Å². The SMILES string of the molecule is CC(C)c1ccc(/C=C/C(=O)N2CCCC(C(=O)O)C2)cc1. The Morgan fingerprint density at radius 2 is 1.95 bits per heavy atom. The number of benzene rings is 1. The fourth-order valence-corrected chi connectivity index (χ4v) is 2.64. The largest absolute Gasteiger partial charge is 0.481 e. The molecule has 1 N–H and O–H groups in total. The number of carboxylic acids is 1. The Kier molecular flexibility index (Phi) is 5.36. The standard InChI is InChI=1S/C18H23NO3/c1-13(2)15-8-5-14(6-9-15)7-10-17(20)19-11-3-4-16(12-19)18(21)22/h5-10,13,16H,3-4,11-12H2,1-2H3,(H,21,22)/b10-7+. The lowest BCUT2D eigenvalue weighted by Crippen LogP contribution is -2.41. The maximum atomic E-state index is 12.2. The number of piperidine rings is 1. The van der Waals surface area contributed by atoms with E-state index in [2.05, 4.69) is 26.0 Å². The highest BCUT2D eigenvalue weighted by atomic mass is 16.4. The molecule has 0 bridgehead atoms. The summed E-state index contributed by atoms with van der Waals surface area (Å²) in [7, 11) is 0. The summed E-state index contributed by atoms with van der Waals surface area (Å²) >= 11 is 0. The van der Waals surface area contributed by atoms with E-state index in [1.165, 1.54) is 11.6 Å². The second kappa shape index (κ2) is 7.25. The molecule has 1 unspecified atom stereocenters. The second-order valence-corrected chi connectivity index (χ2v) is 6.12. The van der Waals surface area contributed by atoms with Crippen molar-refractivity contribution < 1.29 is 14.7 Å². The minimum Gasteiger partial charge on any atom is -0.481 e. The van der Waals surface area contributed by atoms with Gasteiger partial charge in [0.15, 0.2) is 0 Å². The first-order valence-electron chi connectivity index (χ1n) is 7.77. The van der Waals surface area contributed by atoms with E-state index >= 15 is 0 Å². The summed E-state index contributed by atoms with van der Waals surface area (Å²) in [5, 5.41) is 9.06. The molecular weight excluding hydrogens is 278 g/mol. The van der Waals surface area contributed by atoms with Crippen molar-refractivity contribution >= 4 is 18.0 Å². The maximum Gasteiger partial charge on any atom is 0.308 e. The van der Waals surface area contributed by atoms with Gasteiger partial charge in [0, 0.05) is 19.2 Å². The molecule has 1 aliphatic rings. The molecule has 4 heteroatoms. The summed E-state index contributed by atoms with van der Waals surface area (Å²) < 4.78 is 0. The van der Waals surface area contributed by atoms with Crippen LogP contribution in [0.25, 0.3) is 6.08 Å². The second-order valence-electron chi connectivity index (χ2n) is 6.12. The van der Waals surface area contributed by atoms with Crippen LogP contribution in [0.3, 0.4) is 0 Å². The minimum absolute atomic E-state index is 0.112. The topological polar surface area (TPSA) is 57.6 Å². The van der Waals surface area contributed by atoms with Crippen LogP contribution in [0, 0.1) is 5.92 Å². The van der Waals surface area contributed by atoms with Crippen molar-refractivity contribution in [3.63, 3.8) is 0 Å². The van der Waals surface area contributed by atoms with Gasteiger partial charge in [-0.1, -0.05) is 38.1 Å². The highest BCUT2D eigenvalue weighted by molar-refractivity contribution is 5.92. The van der Waals surface area contributed by atoms with Gasteiger partial charge in [0.2, 0.25) is 5.91 Å². The van der Waals surface area contributed by atoms with Crippen LogP contribution in [0.4, 0.5) is 0 Å². The summed E-state index contributed by atoms with van der Waals surface area (Å²) in [5.74, 6) is -0.873. The fourth-order valence-electron chi connectivity index (χ4n) is 2.64. The lowest BCUT2D eigenvalue weighted by Gasteiger charge is -2.29. The molecule has 22 heavy (non-hydrogen) atoms. The van der Waals surface area contributed by atoms with E-state index in [1.807, 2.05) is 12.1 Å². The molecule has 0 aromatic heterocycles. The quantitative estimate of drug-likeness (QED) is 0.869. The van der Waals surface area contributed by atoms with Gasteiger partial charge in [-0.15, -0.1) is 0 Å². The molecule has 1 fully saturated rings. The Labute approximate surface area is 131 Å². The van der Waals surface area contributed by atoms with Crippen LogP contribution in [0.2, 0.25) is 0 Å². The number of hydrogen-bond donors (Lipinski definition) is 1. The molecule has 0 saturated carbocycles. The Bertz CT molecular complexity index is 560. The lowest BCUT2D eigenvalue weighted by atomic mass is 9.98. The van der Waals surface area contributed by atoms with E-state index in [4.69, 9.17) is 5.11 Å². The summed E-state index contributed by atoms with van der Waals surface area (Å²) in [6.45, 7) is 5.23. The third-order valence-corrected chi connectivity index (χ3v) is 4.10. The van der Waals surface area contributed by atoms with E-state index < -0.39 is 11.9 Å². The van der Waals surface area contributed by atoms with E-state index in [9.17, 15) is 9.59 Å². The predicted octanol–water partition coefficient (Wildman–Crippen LogP) is 3.15. The number of carbonyl (C=O) groups excluding carboxylic acids is 1. The number of carboxylic acid groups (broad SMARTS) is 1. The number of amides is 1. The van der Waals surface area contributed by atoms with Gasteiger partial charge >= 0.3 is 5.97 Å². The first-order valence-corrected chi connectivity index (χ1v) is 7.77. The van der Waals surface area contributed by atoms with Gasteiger partial charge in [-0.3, -0.25) is 9.59 Å². The first kappa shape index (κ1) is 16.3. The van der Waals surface area contributed by atoms with E-state index in [1.54, 1.807) is 11.0 Å². The molecule has 1 aromatic rings. The van der Waals surface area contributed by atoms with Crippen LogP contribution >= 0.6 is 0 Å². The summed E-state index contributed by atoms with van der Waals surface area (Å²) in [5.41, 5.74) is 2.24. The molecule has 2 rings (SSSR count). The molecule has 0 spiro atoms. The van der Waals surface area contributed by atoms with Crippen LogP contribution in [0.15, 0.2) is 30.3 Å². The van der Waals surface area contributed by atoms with Crippen molar-refractivity contribution in [1.29, 1.82) is 0 Å². The molecule has 0 radical (unpaired) electrons. The van der Waals surface area contributed by atoms with E-state index in [-0.39, 0.29) is 5.91 Å². The Morgan fingerprint density at radius 3 is 2.55 bits per heavy atom. The van der Waals surface area contributed by atoms with Crippen molar-refractivity contribution in [2.75, 3.05) is 13.1 Å². The molecule has 1 amide bonds. The van der Waals surface area contributed by atoms with Crippen molar-refractivity contribution in [2.24, 2.45) is 5.92 Å². The smallest absolute Gasteiger partial charge is 0.308 e. The molecule has 1 aliphatic heterocycles. The molecule has 4 nitrogen and oxygen atoms in total. The highest BCUT2D eigenvalue weighted by Crippen LogP contribution is 2.18. The van der Waals surface area contributed by atoms with Gasteiger partial charge in [-0.25, -0.2) is 0 Å². The summed E-state index contributed by atoms with van der Waals surface area (Å²) in [4.78, 5) is 24.8. The molecule has 1 aromatic carbocycles. The first-order chi connectivity index (χ1) is 10.5. The van der Waals surface area contributed by atoms with Crippen molar-refractivity contribution in [2.45, 2.75) is 32.6 Å². The molecular formula is C18H23NO3. The van der Waals surface area contributed by atoms with Crippen molar-refractivity contribution in [3.8, 4) is 0 Å². The Hall–Kier alpha value is -2.10.